The van der Waals surface area contributed by atoms with E-state index >= 15 is 0 Å². The Labute approximate surface area is 146 Å². The minimum absolute atomic E-state index is 0. The number of rotatable bonds is 7. The predicted octanol–water partition coefficient (Wildman–Crippen LogP) is 2.37. The first-order chi connectivity index (χ1) is 10.7. The summed E-state index contributed by atoms with van der Waals surface area (Å²) in [5, 5.41) is 11.6. The highest BCUT2D eigenvalue weighted by atomic mass is 35.5. The molecule has 0 bridgehead atoms. The third-order valence-corrected chi connectivity index (χ3v) is 3.52. The van der Waals surface area contributed by atoms with E-state index in [9.17, 15) is 4.79 Å². The summed E-state index contributed by atoms with van der Waals surface area (Å²) in [5.41, 5.74) is 7.34. The molecule has 0 atom stereocenters. The lowest BCUT2D eigenvalue weighted by Gasteiger charge is -2.07. The van der Waals surface area contributed by atoms with Gasteiger partial charge in [-0.25, -0.2) is 4.68 Å². The summed E-state index contributed by atoms with van der Waals surface area (Å²) in [4.78, 5) is 12.2. The fraction of sp³-hybridized carbons (Fsp3) is 0.400. The Balaban J connectivity index is 0.00000264. The number of carbonyl (C=O) groups is 1. The molecule has 0 aliphatic carbocycles. The minimum atomic E-state index is -0.206. The Morgan fingerprint density at radius 2 is 2.17 bits per heavy atom. The highest BCUT2D eigenvalue weighted by Crippen LogP contribution is 2.17. The van der Waals surface area contributed by atoms with Crippen molar-refractivity contribution >= 4 is 29.9 Å². The molecule has 2 aromatic rings. The van der Waals surface area contributed by atoms with Gasteiger partial charge in [-0.15, -0.1) is 17.5 Å². The summed E-state index contributed by atoms with van der Waals surface area (Å²) in [7, 11) is 0. The Morgan fingerprint density at radius 1 is 1.39 bits per heavy atom. The van der Waals surface area contributed by atoms with Crippen LogP contribution in [0.3, 0.4) is 0 Å². The Hall–Kier alpha value is -1.63. The van der Waals surface area contributed by atoms with Crippen LogP contribution < -0.4 is 11.1 Å². The summed E-state index contributed by atoms with van der Waals surface area (Å²) in [6, 6.07) is 7.30. The number of hydrogen-bond donors (Lipinski definition) is 2. The molecule has 1 aromatic heterocycles. The average molecular weight is 358 g/mol. The van der Waals surface area contributed by atoms with E-state index in [1.165, 1.54) is 0 Å². The number of benzene rings is 1. The van der Waals surface area contributed by atoms with E-state index in [1.807, 2.05) is 19.1 Å². The Bertz CT molecular complexity index is 645. The fourth-order valence-electron chi connectivity index (χ4n) is 2.17. The normalized spacial score (nSPS) is 10.2. The maximum absolute atomic E-state index is 12.2. The maximum atomic E-state index is 12.2. The fourth-order valence-corrected chi connectivity index (χ4v) is 2.35. The van der Waals surface area contributed by atoms with Crippen molar-refractivity contribution in [1.29, 1.82) is 0 Å². The van der Waals surface area contributed by atoms with Crippen LogP contribution in [0.2, 0.25) is 5.02 Å². The van der Waals surface area contributed by atoms with Crippen molar-refractivity contribution < 1.29 is 4.79 Å². The maximum Gasteiger partial charge on any atom is 0.273 e. The number of unbranched alkanes of at least 4 members (excludes halogenated alkanes) is 1. The summed E-state index contributed by atoms with van der Waals surface area (Å²) in [5.74, 6) is -0.206. The van der Waals surface area contributed by atoms with Gasteiger partial charge in [0.05, 0.1) is 11.4 Å². The van der Waals surface area contributed by atoms with Crippen LogP contribution >= 0.6 is 24.0 Å². The standard InChI is InChI=1S/C15H20ClN5O.ClH/c1-2-13-14(15(22)18-9-4-3-8-17)19-20-21(13)12-7-5-6-11(16)10-12;/h5-7,10H,2-4,8-9,17H2,1H3,(H,18,22);1H. The number of hydrogen-bond acceptors (Lipinski definition) is 4. The molecule has 1 heterocycles. The zero-order valence-corrected chi connectivity index (χ0v) is 14.5. The molecule has 0 radical (unpaired) electrons. The van der Waals surface area contributed by atoms with Gasteiger partial charge in [-0.05, 0) is 44.0 Å². The summed E-state index contributed by atoms with van der Waals surface area (Å²) < 4.78 is 1.65. The molecular formula is C15H21Cl2N5O. The topological polar surface area (TPSA) is 85.8 Å². The molecule has 0 unspecified atom stereocenters. The van der Waals surface area contributed by atoms with E-state index in [-0.39, 0.29) is 18.3 Å². The number of carbonyl (C=O) groups excluding carboxylic acids is 1. The zero-order chi connectivity index (χ0) is 15.9. The molecule has 2 rings (SSSR count). The molecule has 0 spiro atoms. The lowest BCUT2D eigenvalue weighted by molar-refractivity contribution is 0.0947. The van der Waals surface area contributed by atoms with Gasteiger partial charge in [-0.3, -0.25) is 4.79 Å². The molecule has 1 amide bonds. The molecule has 0 saturated carbocycles. The van der Waals surface area contributed by atoms with Crippen molar-refractivity contribution in [3.63, 3.8) is 0 Å². The lowest BCUT2D eigenvalue weighted by Crippen LogP contribution is -2.26. The van der Waals surface area contributed by atoms with E-state index in [4.69, 9.17) is 17.3 Å². The van der Waals surface area contributed by atoms with Crippen LogP contribution in [0.15, 0.2) is 24.3 Å². The molecule has 8 heteroatoms. The summed E-state index contributed by atoms with van der Waals surface area (Å²) >= 11 is 6.01. The first-order valence-electron chi connectivity index (χ1n) is 7.36. The number of nitrogens with zero attached hydrogens (tertiary/aromatic N) is 3. The minimum Gasteiger partial charge on any atom is -0.351 e. The van der Waals surface area contributed by atoms with Crippen molar-refractivity contribution in [3.8, 4) is 5.69 Å². The van der Waals surface area contributed by atoms with Gasteiger partial charge in [0.2, 0.25) is 0 Å². The second kappa shape index (κ2) is 9.50. The lowest BCUT2D eigenvalue weighted by atomic mass is 10.2. The zero-order valence-electron chi connectivity index (χ0n) is 13.0. The monoisotopic (exact) mass is 357 g/mol. The number of nitrogens with two attached hydrogens (primary N) is 1. The molecule has 126 valence electrons. The van der Waals surface area contributed by atoms with Crippen LogP contribution in [0.1, 0.15) is 35.9 Å². The number of amides is 1. The first-order valence-corrected chi connectivity index (χ1v) is 7.74. The first kappa shape index (κ1) is 19.4. The van der Waals surface area contributed by atoms with Crippen LogP contribution in [0, 0.1) is 0 Å². The van der Waals surface area contributed by atoms with E-state index < -0.39 is 0 Å². The number of aromatic nitrogens is 3. The van der Waals surface area contributed by atoms with Gasteiger partial charge < -0.3 is 11.1 Å². The average Bonchev–Trinajstić information content (AvgIpc) is 2.95. The highest BCUT2D eigenvalue weighted by Gasteiger charge is 2.18. The second-order valence-electron chi connectivity index (χ2n) is 4.88. The van der Waals surface area contributed by atoms with Crippen molar-refractivity contribution in [2.24, 2.45) is 5.73 Å². The van der Waals surface area contributed by atoms with Crippen LogP contribution in [0.25, 0.3) is 5.69 Å². The second-order valence-corrected chi connectivity index (χ2v) is 5.32. The number of nitrogens with one attached hydrogen (secondary N) is 1. The van der Waals surface area contributed by atoms with Crippen molar-refractivity contribution in [3.05, 3.63) is 40.7 Å². The van der Waals surface area contributed by atoms with E-state index in [1.54, 1.807) is 16.8 Å². The van der Waals surface area contributed by atoms with E-state index in [0.717, 1.165) is 24.2 Å². The van der Waals surface area contributed by atoms with Gasteiger partial charge in [-0.1, -0.05) is 29.8 Å². The number of halogens is 2. The Kier molecular flexibility index (Phi) is 8.02. The smallest absolute Gasteiger partial charge is 0.273 e. The Morgan fingerprint density at radius 3 is 2.83 bits per heavy atom. The molecule has 6 nitrogen and oxygen atoms in total. The predicted molar refractivity (Wildman–Crippen MR) is 93.6 cm³/mol. The van der Waals surface area contributed by atoms with Gasteiger partial charge in [0.1, 0.15) is 0 Å². The van der Waals surface area contributed by atoms with Crippen molar-refractivity contribution in [2.45, 2.75) is 26.2 Å². The molecule has 0 saturated heterocycles. The third-order valence-electron chi connectivity index (χ3n) is 3.28. The van der Waals surface area contributed by atoms with Crippen molar-refractivity contribution in [2.75, 3.05) is 13.1 Å². The molecule has 3 N–H and O–H groups in total. The molecule has 0 aliphatic rings. The molecular weight excluding hydrogens is 337 g/mol. The third kappa shape index (κ3) is 4.92. The molecule has 23 heavy (non-hydrogen) atoms. The molecule has 1 aromatic carbocycles. The summed E-state index contributed by atoms with van der Waals surface area (Å²) in [6.45, 7) is 3.18. The van der Waals surface area contributed by atoms with Crippen molar-refractivity contribution in [1.82, 2.24) is 20.3 Å². The molecule has 0 fully saturated rings. The van der Waals surface area contributed by atoms with Crippen LogP contribution in [0.5, 0.6) is 0 Å². The van der Waals surface area contributed by atoms with E-state index in [2.05, 4.69) is 15.6 Å². The van der Waals surface area contributed by atoms with Crippen LogP contribution in [-0.4, -0.2) is 34.0 Å². The van der Waals surface area contributed by atoms with E-state index in [0.29, 0.717) is 30.2 Å². The largest absolute Gasteiger partial charge is 0.351 e. The van der Waals surface area contributed by atoms with Gasteiger partial charge in [0, 0.05) is 11.6 Å². The SMILES string of the molecule is CCc1c(C(=O)NCCCCN)nnn1-c1cccc(Cl)c1.Cl. The molecule has 0 aliphatic heterocycles. The van der Waals surface area contributed by atoms with Gasteiger partial charge >= 0.3 is 0 Å². The van der Waals surface area contributed by atoms with Gasteiger partial charge in [0.15, 0.2) is 5.69 Å². The van der Waals surface area contributed by atoms with Crippen LogP contribution in [-0.2, 0) is 6.42 Å². The van der Waals surface area contributed by atoms with Crippen LogP contribution in [0.4, 0.5) is 0 Å². The quantitative estimate of drug-likeness (QED) is 0.744. The van der Waals surface area contributed by atoms with Gasteiger partial charge in [0.25, 0.3) is 5.91 Å². The van der Waals surface area contributed by atoms with Gasteiger partial charge in [-0.2, -0.15) is 0 Å². The highest BCUT2D eigenvalue weighted by molar-refractivity contribution is 6.30. The summed E-state index contributed by atoms with van der Waals surface area (Å²) in [6.07, 6.45) is 2.38.